The molecule has 0 saturated heterocycles. The summed E-state index contributed by atoms with van der Waals surface area (Å²) in [6.45, 7) is 6.08. The second-order valence-electron chi connectivity index (χ2n) is 10.3. The molecule has 0 radical (unpaired) electrons. The first-order chi connectivity index (χ1) is 19.6. The molecule has 4 aromatic rings. The smallest absolute Gasteiger partial charge is 0.259 e. The van der Waals surface area contributed by atoms with Crippen LogP contribution in [0.15, 0.2) is 113 Å². The van der Waals surface area contributed by atoms with Crippen molar-refractivity contribution in [3.8, 4) is 0 Å². The van der Waals surface area contributed by atoms with E-state index in [0.29, 0.717) is 24.0 Å². The molecule has 6 heteroatoms. The summed E-state index contributed by atoms with van der Waals surface area (Å²) in [5.41, 5.74) is 5.60. The van der Waals surface area contributed by atoms with E-state index in [9.17, 15) is 9.59 Å². The standard InChI is InChI=1S/C34H33N3O3/c1-3-36(4-2)26-18-16-23(17-19-26)33-32-28(21-25(22-30(32)38)31-15-10-20-40-31)35-27-13-8-9-14-29(27)37(33)34(39)24-11-6-5-7-12-24/h5-20,25,33,35H,3-4,21-22H2,1-2H3/t25-,33-/m1/s1. The maximum Gasteiger partial charge on any atom is 0.259 e. The molecule has 0 fully saturated rings. The molecule has 1 aromatic heterocycles. The van der Waals surface area contributed by atoms with E-state index in [-0.39, 0.29) is 17.6 Å². The summed E-state index contributed by atoms with van der Waals surface area (Å²) in [6, 6.07) is 28.6. The van der Waals surface area contributed by atoms with E-state index >= 15 is 0 Å². The van der Waals surface area contributed by atoms with Gasteiger partial charge in [-0.15, -0.1) is 0 Å². The van der Waals surface area contributed by atoms with Gasteiger partial charge in [0.15, 0.2) is 5.78 Å². The van der Waals surface area contributed by atoms with Crippen LogP contribution in [0.1, 0.15) is 60.3 Å². The van der Waals surface area contributed by atoms with Crippen LogP contribution in [0.3, 0.4) is 0 Å². The molecule has 0 saturated carbocycles. The molecule has 1 aliphatic carbocycles. The van der Waals surface area contributed by atoms with Crippen molar-refractivity contribution in [3.63, 3.8) is 0 Å². The number of Topliss-reactive ketones (excluding diaryl/α,β-unsaturated/α-hetero) is 1. The summed E-state index contributed by atoms with van der Waals surface area (Å²) in [5, 5.41) is 3.58. The fraction of sp³-hybridized carbons (Fsp3) is 0.235. The van der Waals surface area contributed by atoms with Gasteiger partial charge in [0, 0.05) is 47.9 Å². The molecule has 1 aliphatic heterocycles. The van der Waals surface area contributed by atoms with E-state index in [1.807, 2.05) is 66.7 Å². The van der Waals surface area contributed by atoms with Crippen molar-refractivity contribution in [2.24, 2.45) is 0 Å². The Labute approximate surface area is 234 Å². The molecule has 2 atom stereocenters. The Balaban J connectivity index is 1.55. The Hall–Kier alpha value is -4.58. The molecule has 40 heavy (non-hydrogen) atoms. The van der Waals surface area contributed by atoms with Crippen molar-refractivity contribution in [2.45, 2.75) is 38.6 Å². The number of furan rings is 1. The zero-order valence-corrected chi connectivity index (χ0v) is 22.8. The number of fused-ring (bicyclic) bond motifs is 1. The highest BCUT2D eigenvalue weighted by molar-refractivity contribution is 6.12. The Morgan fingerprint density at radius 1 is 0.900 bits per heavy atom. The number of carbonyl (C=O) groups excluding carboxylic acids is 2. The number of carbonyl (C=O) groups is 2. The summed E-state index contributed by atoms with van der Waals surface area (Å²) in [4.78, 5) is 32.5. The van der Waals surface area contributed by atoms with E-state index in [1.54, 1.807) is 11.2 Å². The Bertz CT molecular complexity index is 1540. The number of hydrogen-bond donors (Lipinski definition) is 1. The first kappa shape index (κ1) is 25.7. The Kier molecular flexibility index (Phi) is 6.99. The molecule has 1 amide bonds. The molecule has 3 aromatic carbocycles. The molecular formula is C34H33N3O3. The number of nitrogens with one attached hydrogen (secondary N) is 1. The third-order valence-corrected chi connectivity index (χ3v) is 8.01. The lowest BCUT2D eigenvalue weighted by Gasteiger charge is -2.35. The minimum atomic E-state index is -0.588. The largest absolute Gasteiger partial charge is 0.469 e. The lowest BCUT2D eigenvalue weighted by atomic mass is 9.80. The molecule has 0 unspecified atom stereocenters. The summed E-state index contributed by atoms with van der Waals surface area (Å²) < 4.78 is 5.72. The van der Waals surface area contributed by atoms with Gasteiger partial charge in [-0.1, -0.05) is 42.5 Å². The van der Waals surface area contributed by atoms with E-state index < -0.39 is 6.04 Å². The van der Waals surface area contributed by atoms with Gasteiger partial charge in [0.1, 0.15) is 5.76 Å². The summed E-state index contributed by atoms with van der Waals surface area (Å²) in [7, 11) is 0. The first-order valence-electron chi connectivity index (χ1n) is 14.0. The highest BCUT2D eigenvalue weighted by Crippen LogP contribution is 2.48. The summed E-state index contributed by atoms with van der Waals surface area (Å²) >= 11 is 0. The van der Waals surface area contributed by atoms with Crippen molar-refractivity contribution in [1.82, 2.24) is 0 Å². The average Bonchev–Trinajstić information content (AvgIpc) is 3.49. The minimum absolute atomic E-state index is 0.0200. The van der Waals surface area contributed by atoms with E-state index in [4.69, 9.17) is 4.42 Å². The van der Waals surface area contributed by atoms with E-state index in [1.165, 1.54) is 0 Å². The molecule has 6 rings (SSSR count). The van der Waals surface area contributed by atoms with Crippen LogP contribution in [0.25, 0.3) is 0 Å². The third kappa shape index (κ3) is 4.60. The molecule has 2 heterocycles. The number of allylic oxidation sites excluding steroid dienone is 1. The number of para-hydroxylation sites is 2. The lowest BCUT2D eigenvalue weighted by molar-refractivity contribution is -0.116. The number of hydrogen-bond acceptors (Lipinski definition) is 5. The number of rotatable bonds is 6. The van der Waals surface area contributed by atoms with Gasteiger partial charge < -0.3 is 14.6 Å². The molecule has 0 bridgehead atoms. The Morgan fingerprint density at radius 3 is 2.33 bits per heavy atom. The number of nitrogens with zero attached hydrogens (tertiary/aromatic N) is 2. The van der Waals surface area contributed by atoms with Gasteiger partial charge in [-0.05, 0) is 74.4 Å². The van der Waals surface area contributed by atoms with Crippen LogP contribution in [0.4, 0.5) is 17.1 Å². The predicted molar refractivity (Wildman–Crippen MR) is 159 cm³/mol. The quantitative estimate of drug-likeness (QED) is 0.282. The third-order valence-electron chi connectivity index (χ3n) is 8.01. The van der Waals surface area contributed by atoms with Crippen molar-refractivity contribution in [1.29, 1.82) is 0 Å². The van der Waals surface area contributed by atoms with Gasteiger partial charge in [-0.2, -0.15) is 0 Å². The number of amides is 1. The maximum absolute atomic E-state index is 14.3. The molecule has 1 N–H and O–H groups in total. The number of ketones is 1. The van der Waals surface area contributed by atoms with Crippen molar-refractivity contribution in [2.75, 3.05) is 28.2 Å². The van der Waals surface area contributed by atoms with Gasteiger partial charge in [0.05, 0.1) is 23.7 Å². The lowest BCUT2D eigenvalue weighted by Crippen LogP contribution is -2.38. The van der Waals surface area contributed by atoms with Crippen LogP contribution in [-0.2, 0) is 4.79 Å². The molecule has 6 nitrogen and oxygen atoms in total. The summed E-state index contributed by atoms with van der Waals surface area (Å²) in [6.07, 6.45) is 2.59. The molecular weight excluding hydrogens is 498 g/mol. The van der Waals surface area contributed by atoms with Gasteiger partial charge in [0.2, 0.25) is 0 Å². The normalized spacial score (nSPS) is 18.4. The molecule has 2 aliphatic rings. The van der Waals surface area contributed by atoms with Crippen LogP contribution in [0.5, 0.6) is 0 Å². The maximum atomic E-state index is 14.3. The van der Waals surface area contributed by atoms with E-state index in [2.05, 4.69) is 48.3 Å². The van der Waals surface area contributed by atoms with Gasteiger partial charge in [-0.25, -0.2) is 0 Å². The van der Waals surface area contributed by atoms with Crippen LogP contribution < -0.4 is 15.1 Å². The number of anilines is 3. The van der Waals surface area contributed by atoms with Crippen molar-refractivity contribution in [3.05, 3.63) is 125 Å². The zero-order valence-electron chi connectivity index (χ0n) is 22.8. The van der Waals surface area contributed by atoms with E-state index in [0.717, 1.165) is 47.2 Å². The highest BCUT2D eigenvalue weighted by atomic mass is 16.3. The van der Waals surface area contributed by atoms with Gasteiger partial charge in [-0.3, -0.25) is 14.5 Å². The fourth-order valence-corrected chi connectivity index (χ4v) is 6.03. The number of benzene rings is 3. The summed E-state index contributed by atoms with van der Waals surface area (Å²) in [5.74, 6) is 0.605. The fourth-order valence-electron chi connectivity index (χ4n) is 6.03. The van der Waals surface area contributed by atoms with Crippen LogP contribution in [0, 0.1) is 0 Å². The van der Waals surface area contributed by atoms with Gasteiger partial charge >= 0.3 is 0 Å². The Morgan fingerprint density at radius 2 is 1.62 bits per heavy atom. The van der Waals surface area contributed by atoms with Crippen molar-refractivity contribution >= 4 is 28.8 Å². The van der Waals surface area contributed by atoms with Crippen LogP contribution in [0.2, 0.25) is 0 Å². The topological polar surface area (TPSA) is 65.8 Å². The average molecular weight is 532 g/mol. The second kappa shape index (κ2) is 10.9. The monoisotopic (exact) mass is 531 g/mol. The zero-order chi connectivity index (χ0) is 27.6. The van der Waals surface area contributed by atoms with Crippen LogP contribution >= 0.6 is 0 Å². The SMILES string of the molecule is CCN(CC)c1ccc([C@@H]2C3=C(C[C@@H](c4ccco4)CC3=O)Nc3ccccc3N2C(=O)c2ccccc2)cc1. The van der Waals surface area contributed by atoms with Gasteiger partial charge in [0.25, 0.3) is 5.91 Å². The minimum Gasteiger partial charge on any atom is -0.469 e. The molecule has 202 valence electrons. The highest BCUT2D eigenvalue weighted by Gasteiger charge is 2.42. The second-order valence-corrected chi connectivity index (χ2v) is 10.3. The van der Waals surface area contributed by atoms with Crippen LogP contribution in [-0.4, -0.2) is 24.8 Å². The molecule has 0 spiro atoms. The predicted octanol–water partition coefficient (Wildman–Crippen LogP) is 7.34. The van der Waals surface area contributed by atoms with Crippen molar-refractivity contribution < 1.29 is 14.0 Å². The first-order valence-corrected chi connectivity index (χ1v) is 14.0.